The molecular weight excluding hydrogens is 204 g/mol. The first-order valence-electron chi connectivity index (χ1n) is 6.36. The summed E-state index contributed by atoms with van der Waals surface area (Å²) >= 11 is 0. The van der Waals surface area contributed by atoms with Crippen LogP contribution < -0.4 is 5.73 Å². The Hall–Kier alpha value is -0.610. The summed E-state index contributed by atoms with van der Waals surface area (Å²) in [7, 11) is 0. The molecule has 0 aromatic carbocycles. The Bertz CT molecular complexity index is 205. The number of amides is 1. The van der Waals surface area contributed by atoms with Gasteiger partial charge in [-0.25, -0.2) is 0 Å². The summed E-state index contributed by atoms with van der Waals surface area (Å²) in [5, 5.41) is 0. The van der Waals surface area contributed by atoms with Crippen molar-refractivity contribution < 1.29 is 9.53 Å². The van der Waals surface area contributed by atoms with Crippen LogP contribution in [0.5, 0.6) is 0 Å². The lowest BCUT2D eigenvalue weighted by atomic mass is 9.91. The number of hydrogen-bond acceptors (Lipinski definition) is 3. The Morgan fingerprint density at radius 3 is 2.69 bits per heavy atom. The van der Waals surface area contributed by atoms with Crippen molar-refractivity contribution in [3.05, 3.63) is 0 Å². The molecule has 0 heterocycles. The molecule has 94 valence electrons. The predicted octanol–water partition coefficient (Wildman–Crippen LogP) is 1.14. The molecule has 0 aromatic heterocycles. The molecule has 0 spiro atoms. The van der Waals surface area contributed by atoms with E-state index in [9.17, 15) is 4.79 Å². The zero-order valence-electron chi connectivity index (χ0n) is 10.3. The normalized spacial score (nSPS) is 15.9. The molecule has 1 amide bonds. The van der Waals surface area contributed by atoms with E-state index in [4.69, 9.17) is 10.5 Å². The van der Waals surface area contributed by atoms with Gasteiger partial charge in [0.1, 0.15) is 0 Å². The summed E-state index contributed by atoms with van der Waals surface area (Å²) in [4.78, 5) is 13.9. The molecule has 1 aliphatic carbocycles. The summed E-state index contributed by atoms with van der Waals surface area (Å²) in [6.07, 6.45) is 5.02. The first-order chi connectivity index (χ1) is 7.79. The summed E-state index contributed by atoms with van der Waals surface area (Å²) in [6, 6.07) is 0.447. The Morgan fingerprint density at radius 2 is 2.19 bits per heavy atom. The van der Waals surface area contributed by atoms with E-state index in [1.54, 1.807) is 0 Å². The molecule has 16 heavy (non-hydrogen) atoms. The van der Waals surface area contributed by atoms with E-state index in [-0.39, 0.29) is 5.91 Å². The van der Waals surface area contributed by atoms with Crippen LogP contribution in [0.2, 0.25) is 0 Å². The fourth-order valence-electron chi connectivity index (χ4n) is 1.90. The summed E-state index contributed by atoms with van der Waals surface area (Å²) < 4.78 is 5.33. The Morgan fingerprint density at radius 1 is 1.44 bits per heavy atom. The van der Waals surface area contributed by atoms with E-state index in [2.05, 4.69) is 6.92 Å². The minimum Gasteiger partial charge on any atom is -0.381 e. The lowest BCUT2D eigenvalue weighted by Crippen LogP contribution is -2.46. The van der Waals surface area contributed by atoms with E-state index in [1.165, 1.54) is 6.42 Å². The molecule has 4 nitrogen and oxygen atoms in total. The van der Waals surface area contributed by atoms with Gasteiger partial charge in [0, 0.05) is 25.7 Å². The van der Waals surface area contributed by atoms with Gasteiger partial charge in [0.05, 0.1) is 13.0 Å². The quantitative estimate of drug-likeness (QED) is 0.634. The topological polar surface area (TPSA) is 55.6 Å². The average molecular weight is 228 g/mol. The minimum absolute atomic E-state index is 0.200. The van der Waals surface area contributed by atoms with Gasteiger partial charge >= 0.3 is 0 Å². The van der Waals surface area contributed by atoms with Gasteiger partial charge in [-0.3, -0.25) is 4.79 Å². The van der Waals surface area contributed by atoms with Crippen molar-refractivity contribution in [3.8, 4) is 0 Å². The monoisotopic (exact) mass is 228 g/mol. The van der Waals surface area contributed by atoms with Crippen molar-refractivity contribution in [3.63, 3.8) is 0 Å². The summed E-state index contributed by atoms with van der Waals surface area (Å²) in [6.45, 7) is 4.60. The van der Waals surface area contributed by atoms with E-state index in [0.717, 1.165) is 25.9 Å². The highest BCUT2D eigenvalue weighted by Gasteiger charge is 2.27. The van der Waals surface area contributed by atoms with Crippen LogP contribution in [-0.2, 0) is 9.53 Å². The highest BCUT2D eigenvalue weighted by molar-refractivity contribution is 5.76. The van der Waals surface area contributed by atoms with Gasteiger partial charge in [-0.1, -0.05) is 6.92 Å². The van der Waals surface area contributed by atoms with Crippen LogP contribution in [0.3, 0.4) is 0 Å². The molecule has 2 N–H and O–H groups in total. The van der Waals surface area contributed by atoms with Crippen molar-refractivity contribution in [1.82, 2.24) is 4.90 Å². The van der Waals surface area contributed by atoms with Gasteiger partial charge in [0.25, 0.3) is 0 Å². The molecule has 0 saturated heterocycles. The highest BCUT2D eigenvalue weighted by atomic mass is 16.5. The summed E-state index contributed by atoms with van der Waals surface area (Å²) in [5.41, 5.74) is 5.54. The molecule has 4 heteroatoms. The van der Waals surface area contributed by atoms with E-state index >= 15 is 0 Å². The molecule has 0 radical (unpaired) electrons. The number of rotatable bonds is 8. The molecule has 1 fully saturated rings. The third kappa shape index (κ3) is 4.10. The first kappa shape index (κ1) is 13.5. The van der Waals surface area contributed by atoms with Crippen molar-refractivity contribution in [1.29, 1.82) is 0 Å². The first-order valence-corrected chi connectivity index (χ1v) is 6.36. The second-order valence-corrected chi connectivity index (χ2v) is 4.32. The van der Waals surface area contributed by atoms with Crippen LogP contribution in [0.15, 0.2) is 0 Å². The number of ether oxygens (including phenoxy) is 1. The van der Waals surface area contributed by atoms with Crippen molar-refractivity contribution in [2.45, 2.75) is 45.1 Å². The minimum atomic E-state index is 0.200. The lowest BCUT2D eigenvalue weighted by Gasteiger charge is -2.37. The van der Waals surface area contributed by atoms with Crippen molar-refractivity contribution in [2.24, 2.45) is 5.73 Å². The molecule has 1 rings (SSSR count). The largest absolute Gasteiger partial charge is 0.381 e. The van der Waals surface area contributed by atoms with Gasteiger partial charge < -0.3 is 15.4 Å². The second-order valence-electron chi connectivity index (χ2n) is 4.32. The highest BCUT2D eigenvalue weighted by Crippen LogP contribution is 2.24. The van der Waals surface area contributed by atoms with Crippen LogP contribution in [0, 0.1) is 0 Å². The fourth-order valence-corrected chi connectivity index (χ4v) is 1.90. The maximum Gasteiger partial charge on any atom is 0.225 e. The molecule has 0 unspecified atom stereocenters. The average Bonchev–Trinajstić information content (AvgIpc) is 2.21. The van der Waals surface area contributed by atoms with Gasteiger partial charge in [0.2, 0.25) is 5.91 Å². The number of nitrogens with zero attached hydrogens (tertiary/aromatic N) is 1. The van der Waals surface area contributed by atoms with Crippen molar-refractivity contribution in [2.75, 3.05) is 26.3 Å². The SMILES string of the molecule is CCCOCCC(=O)N(CCN)C1CCC1. The molecule has 0 aliphatic heterocycles. The van der Waals surface area contributed by atoms with E-state index in [1.807, 2.05) is 4.90 Å². The number of nitrogens with two attached hydrogens (primary N) is 1. The van der Waals surface area contributed by atoms with Crippen LogP contribution in [0.4, 0.5) is 0 Å². The maximum atomic E-state index is 11.9. The number of carbonyl (C=O) groups excluding carboxylic acids is 1. The smallest absolute Gasteiger partial charge is 0.225 e. The Balaban J connectivity index is 2.23. The standard InChI is InChI=1S/C12H24N2O2/c1-2-9-16-10-6-12(15)14(8-7-13)11-4-3-5-11/h11H,2-10,13H2,1H3. The molecule has 0 bridgehead atoms. The van der Waals surface area contributed by atoms with Gasteiger partial charge in [-0.05, 0) is 25.7 Å². The molecular formula is C12H24N2O2. The van der Waals surface area contributed by atoms with Gasteiger partial charge in [0.15, 0.2) is 0 Å². The fraction of sp³-hybridized carbons (Fsp3) is 0.917. The third-order valence-corrected chi connectivity index (χ3v) is 3.01. The predicted molar refractivity (Wildman–Crippen MR) is 64.1 cm³/mol. The van der Waals surface area contributed by atoms with E-state index in [0.29, 0.717) is 32.2 Å². The molecule has 0 aromatic rings. The zero-order chi connectivity index (χ0) is 11.8. The molecule has 0 atom stereocenters. The van der Waals surface area contributed by atoms with Crippen LogP contribution in [-0.4, -0.2) is 43.2 Å². The van der Waals surface area contributed by atoms with Gasteiger partial charge in [-0.2, -0.15) is 0 Å². The van der Waals surface area contributed by atoms with Crippen molar-refractivity contribution >= 4 is 5.91 Å². The zero-order valence-corrected chi connectivity index (χ0v) is 10.3. The van der Waals surface area contributed by atoms with Gasteiger partial charge in [-0.15, -0.1) is 0 Å². The number of hydrogen-bond donors (Lipinski definition) is 1. The van der Waals surface area contributed by atoms with Crippen LogP contribution in [0.1, 0.15) is 39.0 Å². The van der Waals surface area contributed by atoms with Crippen LogP contribution >= 0.6 is 0 Å². The maximum absolute atomic E-state index is 11.9. The molecule has 1 saturated carbocycles. The van der Waals surface area contributed by atoms with E-state index < -0.39 is 0 Å². The Kier molecular flexibility index (Phi) is 6.42. The summed E-state index contributed by atoms with van der Waals surface area (Å²) in [5.74, 6) is 0.200. The number of carbonyl (C=O) groups is 1. The lowest BCUT2D eigenvalue weighted by molar-refractivity contribution is -0.136. The third-order valence-electron chi connectivity index (χ3n) is 3.01. The van der Waals surface area contributed by atoms with Crippen LogP contribution in [0.25, 0.3) is 0 Å². The Labute approximate surface area is 98.1 Å². The molecule has 1 aliphatic rings. The second kappa shape index (κ2) is 7.63.